The molecule has 1 aromatic carbocycles. The van der Waals surface area contributed by atoms with Crippen LogP contribution in [-0.2, 0) is 14.6 Å². The number of hydrogen-bond acceptors (Lipinski definition) is 7. The van der Waals surface area contributed by atoms with Crippen molar-refractivity contribution in [2.45, 2.75) is 28.9 Å². The maximum absolute atomic E-state index is 13.3. The molecule has 0 saturated carbocycles. The SMILES string of the molecule is C=CCNc1nnc(S(=O)(=O)[C@@H](C(=O)N2CCCCC2)c2ccccc2)s1. The van der Waals surface area contributed by atoms with Crippen molar-refractivity contribution in [3.63, 3.8) is 0 Å². The van der Waals surface area contributed by atoms with Crippen LogP contribution in [0.25, 0.3) is 0 Å². The number of nitrogens with zero attached hydrogens (tertiary/aromatic N) is 3. The first-order valence-corrected chi connectivity index (χ1v) is 11.2. The van der Waals surface area contributed by atoms with Crippen LogP contribution in [0.15, 0.2) is 47.3 Å². The van der Waals surface area contributed by atoms with E-state index in [4.69, 9.17) is 0 Å². The van der Waals surface area contributed by atoms with Gasteiger partial charge in [0.1, 0.15) is 0 Å². The normalized spacial score (nSPS) is 15.9. The first-order chi connectivity index (χ1) is 13.0. The van der Waals surface area contributed by atoms with E-state index in [1.54, 1.807) is 41.3 Å². The molecule has 27 heavy (non-hydrogen) atoms. The highest BCUT2D eigenvalue weighted by Crippen LogP contribution is 2.34. The third-order valence-electron chi connectivity index (χ3n) is 4.35. The number of amides is 1. The molecule has 1 aliphatic rings. The number of hydrogen-bond donors (Lipinski definition) is 1. The van der Waals surface area contributed by atoms with Crippen molar-refractivity contribution < 1.29 is 13.2 Å². The summed E-state index contributed by atoms with van der Waals surface area (Å²) >= 11 is 0.927. The van der Waals surface area contributed by atoms with E-state index in [0.29, 0.717) is 30.3 Å². The Hall–Kier alpha value is -2.26. The lowest BCUT2D eigenvalue weighted by Crippen LogP contribution is -2.41. The third-order valence-corrected chi connectivity index (χ3v) is 7.64. The first-order valence-electron chi connectivity index (χ1n) is 8.80. The average molecular weight is 407 g/mol. The highest BCUT2D eigenvalue weighted by Gasteiger charge is 2.40. The summed E-state index contributed by atoms with van der Waals surface area (Å²) in [5.41, 5.74) is 0.448. The van der Waals surface area contributed by atoms with Gasteiger partial charge in [0.05, 0.1) is 0 Å². The lowest BCUT2D eigenvalue weighted by Gasteiger charge is -2.30. The maximum Gasteiger partial charge on any atom is 0.245 e. The third kappa shape index (κ3) is 4.36. The minimum absolute atomic E-state index is 0.159. The summed E-state index contributed by atoms with van der Waals surface area (Å²) in [6.45, 7) is 5.21. The molecule has 0 unspecified atom stereocenters. The molecule has 1 fully saturated rings. The lowest BCUT2D eigenvalue weighted by atomic mass is 10.1. The number of anilines is 1. The highest BCUT2D eigenvalue weighted by atomic mass is 32.2. The first kappa shape index (κ1) is 19.5. The molecule has 0 radical (unpaired) electrons. The van der Waals surface area contributed by atoms with Gasteiger partial charge >= 0.3 is 0 Å². The van der Waals surface area contributed by atoms with Crippen LogP contribution in [0.4, 0.5) is 5.13 Å². The summed E-state index contributed by atoms with van der Waals surface area (Å²) in [6, 6.07) is 8.60. The topological polar surface area (TPSA) is 92.3 Å². The molecule has 1 amide bonds. The number of carbonyl (C=O) groups excluding carboxylic acids is 1. The monoisotopic (exact) mass is 406 g/mol. The largest absolute Gasteiger partial charge is 0.357 e. The summed E-state index contributed by atoms with van der Waals surface area (Å²) < 4.78 is 26.5. The summed E-state index contributed by atoms with van der Waals surface area (Å²) in [5.74, 6) is -0.392. The Morgan fingerprint density at radius 3 is 2.59 bits per heavy atom. The van der Waals surface area contributed by atoms with Gasteiger partial charge in [0, 0.05) is 19.6 Å². The molecule has 1 aliphatic heterocycles. The standard InChI is InChI=1S/C18H22N4O3S2/c1-2-11-19-17-20-21-18(26-17)27(24,25)15(14-9-5-3-6-10-14)16(23)22-12-7-4-8-13-22/h2-3,5-6,9-10,15H,1,4,7-8,11-13H2,(H,19,20)/t15-/m1/s1. The Labute approximate surface area is 163 Å². The van der Waals surface area contributed by atoms with Crippen molar-refractivity contribution in [2.75, 3.05) is 25.0 Å². The maximum atomic E-state index is 13.3. The average Bonchev–Trinajstić information content (AvgIpc) is 3.18. The molecule has 0 spiro atoms. The van der Waals surface area contributed by atoms with E-state index in [1.807, 2.05) is 0 Å². The van der Waals surface area contributed by atoms with E-state index >= 15 is 0 Å². The van der Waals surface area contributed by atoms with Gasteiger partial charge in [-0.05, 0) is 24.8 Å². The lowest BCUT2D eigenvalue weighted by molar-refractivity contribution is -0.131. The molecule has 2 aromatic rings. The molecule has 3 rings (SSSR count). The van der Waals surface area contributed by atoms with Crippen molar-refractivity contribution in [3.8, 4) is 0 Å². The van der Waals surface area contributed by atoms with Gasteiger partial charge in [0.15, 0.2) is 5.25 Å². The molecule has 0 aliphatic carbocycles. The molecule has 144 valence electrons. The Bertz CT molecular complexity index is 890. The quantitative estimate of drug-likeness (QED) is 0.711. The summed E-state index contributed by atoms with van der Waals surface area (Å²) in [6.07, 6.45) is 4.48. The minimum Gasteiger partial charge on any atom is -0.357 e. The van der Waals surface area contributed by atoms with Gasteiger partial charge in [-0.1, -0.05) is 47.7 Å². The molecule has 0 bridgehead atoms. The van der Waals surface area contributed by atoms with Gasteiger partial charge in [0.2, 0.25) is 25.2 Å². The van der Waals surface area contributed by atoms with Crippen LogP contribution in [0.5, 0.6) is 0 Å². The molecule has 2 heterocycles. The fourth-order valence-electron chi connectivity index (χ4n) is 3.02. The van der Waals surface area contributed by atoms with E-state index in [2.05, 4.69) is 22.1 Å². The van der Waals surface area contributed by atoms with E-state index < -0.39 is 21.0 Å². The minimum atomic E-state index is -4.02. The number of rotatable bonds is 7. The fraction of sp³-hybridized carbons (Fsp3) is 0.389. The number of piperidine rings is 1. The van der Waals surface area contributed by atoms with Gasteiger partial charge in [-0.25, -0.2) is 8.42 Å². The second kappa shape index (κ2) is 8.62. The second-order valence-corrected chi connectivity index (χ2v) is 9.45. The van der Waals surface area contributed by atoms with Gasteiger partial charge in [0.25, 0.3) is 0 Å². The van der Waals surface area contributed by atoms with Crippen molar-refractivity contribution >= 4 is 32.2 Å². The van der Waals surface area contributed by atoms with Crippen LogP contribution in [0.2, 0.25) is 0 Å². The van der Waals surface area contributed by atoms with Crippen molar-refractivity contribution in [3.05, 3.63) is 48.6 Å². The molecule has 9 heteroatoms. The molecule has 1 N–H and O–H groups in total. The Balaban J connectivity index is 1.97. The van der Waals surface area contributed by atoms with Crippen LogP contribution < -0.4 is 5.32 Å². The fourth-order valence-corrected chi connectivity index (χ4v) is 5.78. The molecule has 1 saturated heterocycles. The van der Waals surface area contributed by atoms with E-state index in [0.717, 1.165) is 30.6 Å². The number of aromatic nitrogens is 2. The molecular formula is C18H22N4O3S2. The van der Waals surface area contributed by atoms with E-state index in [9.17, 15) is 13.2 Å². The number of nitrogens with one attached hydrogen (secondary N) is 1. The van der Waals surface area contributed by atoms with Gasteiger partial charge in [-0.2, -0.15) is 0 Å². The molecule has 1 atom stereocenters. The summed E-state index contributed by atoms with van der Waals surface area (Å²) in [7, 11) is -4.02. The predicted octanol–water partition coefficient (Wildman–Crippen LogP) is 2.66. The summed E-state index contributed by atoms with van der Waals surface area (Å²) in [4.78, 5) is 14.8. The number of sulfone groups is 1. The highest BCUT2D eigenvalue weighted by molar-refractivity contribution is 7.94. The van der Waals surface area contributed by atoms with Crippen molar-refractivity contribution in [1.29, 1.82) is 0 Å². The number of carbonyl (C=O) groups is 1. The smallest absolute Gasteiger partial charge is 0.245 e. The molecule has 7 nitrogen and oxygen atoms in total. The second-order valence-electron chi connectivity index (χ2n) is 6.26. The zero-order valence-corrected chi connectivity index (χ0v) is 16.5. The molecule has 1 aromatic heterocycles. The zero-order valence-electron chi connectivity index (χ0n) is 14.9. The van der Waals surface area contributed by atoms with Crippen LogP contribution in [0.1, 0.15) is 30.1 Å². The van der Waals surface area contributed by atoms with Crippen LogP contribution >= 0.6 is 11.3 Å². The summed E-state index contributed by atoms with van der Waals surface area (Å²) in [5, 5.41) is 9.70. The van der Waals surface area contributed by atoms with Crippen LogP contribution in [-0.4, -0.2) is 49.1 Å². The number of benzene rings is 1. The van der Waals surface area contributed by atoms with Crippen LogP contribution in [0, 0.1) is 0 Å². The molecular weight excluding hydrogens is 384 g/mol. The van der Waals surface area contributed by atoms with E-state index in [1.165, 1.54) is 0 Å². The van der Waals surface area contributed by atoms with Gasteiger partial charge < -0.3 is 10.2 Å². The Morgan fingerprint density at radius 2 is 1.93 bits per heavy atom. The Kier molecular flexibility index (Phi) is 6.22. The zero-order chi connectivity index (χ0) is 19.3. The predicted molar refractivity (Wildman–Crippen MR) is 105 cm³/mol. The van der Waals surface area contributed by atoms with E-state index in [-0.39, 0.29) is 4.34 Å². The number of likely N-dealkylation sites (tertiary alicyclic amines) is 1. The van der Waals surface area contributed by atoms with Crippen molar-refractivity contribution in [1.82, 2.24) is 15.1 Å². The Morgan fingerprint density at radius 1 is 1.22 bits per heavy atom. The van der Waals surface area contributed by atoms with Gasteiger partial charge in [-0.15, -0.1) is 16.8 Å². The van der Waals surface area contributed by atoms with Crippen molar-refractivity contribution in [2.24, 2.45) is 0 Å². The van der Waals surface area contributed by atoms with Crippen LogP contribution in [0.3, 0.4) is 0 Å². The van der Waals surface area contributed by atoms with Gasteiger partial charge in [-0.3, -0.25) is 4.79 Å².